The first kappa shape index (κ1) is 21.6. The van der Waals surface area contributed by atoms with Crippen LogP contribution in [0.15, 0.2) is 76.6 Å². The molecule has 1 amide bonds. The van der Waals surface area contributed by atoms with Gasteiger partial charge in [-0.05, 0) is 29.8 Å². The predicted molar refractivity (Wildman–Crippen MR) is 120 cm³/mol. The van der Waals surface area contributed by atoms with Crippen molar-refractivity contribution in [2.75, 3.05) is 12.4 Å². The van der Waals surface area contributed by atoms with Crippen LogP contribution in [0.2, 0.25) is 0 Å². The van der Waals surface area contributed by atoms with E-state index in [1.165, 1.54) is 31.6 Å². The Kier molecular flexibility index (Phi) is 6.07. The Balaban J connectivity index is 1.67. The number of fused-ring (bicyclic) bond motifs is 1. The normalized spacial score (nSPS) is 10.7. The zero-order valence-electron chi connectivity index (χ0n) is 17.6. The van der Waals surface area contributed by atoms with Crippen LogP contribution in [0.25, 0.3) is 11.2 Å². The number of hydrogen-bond acceptors (Lipinski definition) is 7. The largest absolute Gasteiger partial charge is 0.465 e. The highest BCUT2D eigenvalue weighted by Crippen LogP contribution is 2.11. The summed E-state index contributed by atoms with van der Waals surface area (Å²) in [6, 6.07) is 15.1. The Morgan fingerprint density at radius 2 is 1.64 bits per heavy atom. The maximum absolute atomic E-state index is 13.2. The molecule has 2 aromatic carbocycles. The Labute approximate surface area is 187 Å². The highest BCUT2D eigenvalue weighted by Gasteiger charge is 2.17. The SMILES string of the molecule is COC(=O)c1ccc(NC(=O)Cn2c(=O)n(Cc3ccccc3)c(=O)c3nccnc32)cc1. The number of amides is 1. The molecule has 4 rings (SSSR count). The molecule has 0 aliphatic carbocycles. The molecule has 1 N–H and O–H groups in total. The van der Waals surface area contributed by atoms with E-state index < -0.39 is 23.1 Å². The summed E-state index contributed by atoms with van der Waals surface area (Å²) >= 11 is 0. The molecule has 0 unspecified atom stereocenters. The van der Waals surface area contributed by atoms with E-state index in [1.54, 1.807) is 36.4 Å². The van der Waals surface area contributed by atoms with Crippen molar-refractivity contribution in [1.29, 1.82) is 0 Å². The lowest BCUT2D eigenvalue weighted by molar-refractivity contribution is -0.116. The standard InChI is InChI=1S/C23H19N5O5/c1-33-22(31)16-7-9-17(10-8-16)26-18(29)14-27-20-19(24-11-12-25-20)21(30)28(23(27)32)13-15-5-3-2-4-6-15/h2-12H,13-14H2,1H3,(H,26,29). The van der Waals surface area contributed by atoms with Crippen LogP contribution < -0.4 is 16.6 Å². The summed E-state index contributed by atoms with van der Waals surface area (Å²) in [6.07, 6.45) is 2.71. The van der Waals surface area contributed by atoms with Crippen molar-refractivity contribution >= 4 is 28.7 Å². The molecule has 166 valence electrons. The Hall–Kier alpha value is -4.60. The molecule has 0 atom stereocenters. The third-order valence-corrected chi connectivity index (χ3v) is 4.92. The van der Waals surface area contributed by atoms with Crippen molar-refractivity contribution in [2.24, 2.45) is 0 Å². The highest BCUT2D eigenvalue weighted by atomic mass is 16.5. The number of esters is 1. The van der Waals surface area contributed by atoms with Crippen LogP contribution in [-0.2, 0) is 22.6 Å². The zero-order valence-corrected chi connectivity index (χ0v) is 17.6. The van der Waals surface area contributed by atoms with Gasteiger partial charge in [-0.2, -0.15) is 0 Å². The van der Waals surface area contributed by atoms with Gasteiger partial charge in [0, 0.05) is 18.1 Å². The van der Waals surface area contributed by atoms with Gasteiger partial charge in [0.25, 0.3) is 5.56 Å². The second-order valence-electron chi connectivity index (χ2n) is 7.09. The van der Waals surface area contributed by atoms with E-state index in [4.69, 9.17) is 0 Å². The van der Waals surface area contributed by atoms with Gasteiger partial charge in [-0.1, -0.05) is 30.3 Å². The molecule has 10 heteroatoms. The first-order valence-corrected chi connectivity index (χ1v) is 9.94. The third kappa shape index (κ3) is 4.54. The van der Waals surface area contributed by atoms with Gasteiger partial charge >= 0.3 is 11.7 Å². The predicted octanol–water partition coefficient (Wildman–Crippen LogP) is 1.43. The number of aromatic nitrogens is 4. The van der Waals surface area contributed by atoms with Crippen molar-refractivity contribution in [3.63, 3.8) is 0 Å². The van der Waals surface area contributed by atoms with E-state index in [9.17, 15) is 19.2 Å². The van der Waals surface area contributed by atoms with Crippen LogP contribution in [0.4, 0.5) is 5.69 Å². The van der Waals surface area contributed by atoms with E-state index >= 15 is 0 Å². The zero-order chi connectivity index (χ0) is 23.4. The van der Waals surface area contributed by atoms with Crippen molar-refractivity contribution in [3.8, 4) is 0 Å². The van der Waals surface area contributed by atoms with Gasteiger partial charge in [0.05, 0.1) is 19.2 Å². The molecule has 0 aliphatic heterocycles. The average molecular weight is 445 g/mol. The van der Waals surface area contributed by atoms with Gasteiger partial charge in [0.2, 0.25) is 5.91 Å². The number of nitrogens with one attached hydrogen (secondary N) is 1. The molecule has 0 bridgehead atoms. The molecule has 0 radical (unpaired) electrons. The molecule has 0 saturated heterocycles. The second kappa shape index (κ2) is 9.27. The van der Waals surface area contributed by atoms with Gasteiger partial charge in [-0.3, -0.25) is 18.7 Å². The number of carbonyl (C=O) groups is 2. The van der Waals surface area contributed by atoms with Gasteiger partial charge in [-0.15, -0.1) is 0 Å². The van der Waals surface area contributed by atoms with Crippen LogP contribution in [0, 0.1) is 0 Å². The van der Waals surface area contributed by atoms with E-state index in [1.807, 2.05) is 6.07 Å². The summed E-state index contributed by atoms with van der Waals surface area (Å²) in [5, 5.41) is 2.66. The van der Waals surface area contributed by atoms with E-state index in [2.05, 4.69) is 20.0 Å². The third-order valence-electron chi connectivity index (χ3n) is 4.92. The molecule has 10 nitrogen and oxygen atoms in total. The molecule has 4 aromatic rings. The highest BCUT2D eigenvalue weighted by molar-refractivity contribution is 5.93. The number of methoxy groups -OCH3 is 1. The van der Waals surface area contributed by atoms with Crippen LogP contribution in [-0.4, -0.2) is 38.1 Å². The molecule has 0 saturated carbocycles. The Morgan fingerprint density at radius 1 is 0.939 bits per heavy atom. The van der Waals surface area contributed by atoms with E-state index in [0.717, 1.165) is 14.7 Å². The first-order chi connectivity index (χ1) is 16.0. The fourth-order valence-corrected chi connectivity index (χ4v) is 3.33. The van der Waals surface area contributed by atoms with E-state index in [-0.39, 0.29) is 24.3 Å². The molecule has 2 aromatic heterocycles. The minimum absolute atomic E-state index is 0.0109. The Morgan fingerprint density at radius 3 is 2.33 bits per heavy atom. The minimum Gasteiger partial charge on any atom is -0.465 e. The number of hydrogen-bond donors (Lipinski definition) is 1. The first-order valence-electron chi connectivity index (χ1n) is 9.94. The van der Waals surface area contributed by atoms with E-state index in [0.29, 0.717) is 11.3 Å². The number of ether oxygens (including phenoxy) is 1. The summed E-state index contributed by atoms with van der Waals surface area (Å²) in [6.45, 7) is -0.358. The number of rotatable bonds is 6. The van der Waals surface area contributed by atoms with Gasteiger partial charge in [0.15, 0.2) is 11.2 Å². The van der Waals surface area contributed by atoms with Gasteiger partial charge < -0.3 is 10.1 Å². The average Bonchev–Trinajstić information content (AvgIpc) is 2.85. The summed E-state index contributed by atoms with van der Waals surface area (Å²) in [7, 11) is 1.28. The molecule has 2 heterocycles. The monoisotopic (exact) mass is 445 g/mol. The van der Waals surface area contributed by atoms with Gasteiger partial charge in [0.1, 0.15) is 6.54 Å². The molecular weight excluding hydrogens is 426 g/mol. The number of carbonyl (C=O) groups excluding carboxylic acids is 2. The topological polar surface area (TPSA) is 125 Å². The lowest BCUT2D eigenvalue weighted by atomic mass is 10.2. The molecular formula is C23H19N5O5. The maximum atomic E-state index is 13.2. The van der Waals surface area contributed by atoms with Crippen LogP contribution >= 0.6 is 0 Å². The van der Waals surface area contributed by atoms with Crippen molar-refractivity contribution in [2.45, 2.75) is 13.1 Å². The second-order valence-corrected chi connectivity index (χ2v) is 7.09. The quantitative estimate of drug-likeness (QED) is 0.445. The van der Waals surface area contributed by atoms with Gasteiger partial charge in [-0.25, -0.2) is 19.6 Å². The van der Waals surface area contributed by atoms with Crippen molar-refractivity contribution in [3.05, 3.63) is 99.0 Å². The fraction of sp³-hybridized carbons (Fsp3) is 0.130. The summed E-state index contributed by atoms with van der Waals surface area (Å²) in [4.78, 5) is 58.5. The smallest absolute Gasteiger partial charge is 0.337 e. The lowest BCUT2D eigenvalue weighted by Crippen LogP contribution is -2.42. The molecule has 33 heavy (non-hydrogen) atoms. The van der Waals surface area contributed by atoms with Crippen molar-refractivity contribution < 1.29 is 14.3 Å². The molecule has 0 aliphatic rings. The fourth-order valence-electron chi connectivity index (χ4n) is 3.33. The van der Waals surface area contributed by atoms with Crippen LogP contribution in [0.3, 0.4) is 0 Å². The Bertz CT molecular complexity index is 1440. The van der Waals surface area contributed by atoms with Crippen molar-refractivity contribution in [1.82, 2.24) is 19.1 Å². The summed E-state index contributed by atoms with van der Waals surface area (Å²) in [5.74, 6) is -1.01. The molecule has 0 spiro atoms. The lowest BCUT2D eigenvalue weighted by Gasteiger charge is -2.13. The molecule has 0 fully saturated rings. The van der Waals surface area contributed by atoms with Crippen LogP contribution in [0.1, 0.15) is 15.9 Å². The number of anilines is 1. The number of benzene rings is 2. The summed E-state index contributed by atoms with van der Waals surface area (Å²) in [5.41, 5.74) is 0.266. The van der Waals surface area contributed by atoms with Crippen LogP contribution in [0.5, 0.6) is 0 Å². The maximum Gasteiger partial charge on any atom is 0.337 e. The number of nitrogens with zero attached hydrogens (tertiary/aromatic N) is 4. The summed E-state index contributed by atoms with van der Waals surface area (Å²) < 4.78 is 6.80. The minimum atomic E-state index is -0.673.